The van der Waals surface area contributed by atoms with E-state index in [0.717, 1.165) is 5.56 Å². The molecule has 0 atom stereocenters. The van der Waals surface area contributed by atoms with E-state index >= 15 is 0 Å². The third kappa shape index (κ3) is 5.11. The number of rotatable bonds is 6. The fourth-order valence-electron chi connectivity index (χ4n) is 2.75. The molecule has 31 heavy (non-hydrogen) atoms. The van der Waals surface area contributed by atoms with Crippen molar-refractivity contribution in [1.29, 1.82) is 0 Å². The molecule has 0 saturated heterocycles. The number of H-pyrrole nitrogens is 1. The smallest absolute Gasteiger partial charge is 0.292 e. The maximum Gasteiger partial charge on any atom is 0.292 e. The third-order valence-corrected chi connectivity index (χ3v) is 4.35. The minimum atomic E-state index is -0.644. The summed E-state index contributed by atoms with van der Waals surface area (Å²) in [5, 5.41) is 2.89. The molecule has 2 heterocycles. The lowest BCUT2D eigenvalue weighted by Crippen LogP contribution is -2.33. The summed E-state index contributed by atoms with van der Waals surface area (Å²) in [7, 11) is 0. The summed E-state index contributed by atoms with van der Waals surface area (Å²) in [5.74, 6) is -0.765. The maximum atomic E-state index is 14.5. The Morgan fingerprint density at radius 1 is 1.13 bits per heavy atom. The zero-order valence-corrected chi connectivity index (χ0v) is 16.8. The van der Waals surface area contributed by atoms with Crippen molar-refractivity contribution in [1.82, 2.24) is 20.3 Å². The zero-order chi connectivity index (χ0) is 21.6. The van der Waals surface area contributed by atoms with Gasteiger partial charge in [0.15, 0.2) is 11.6 Å². The van der Waals surface area contributed by atoms with Crippen LogP contribution in [-0.4, -0.2) is 26.0 Å². The molecule has 156 valence electrons. The van der Waals surface area contributed by atoms with Crippen LogP contribution in [0.4, 0.5) is 10.1 Å². The molecule has 3 N–H and O–H groups in total. The Morgan fingerprint density at radius 3 is 2.77 bits per heavy atom. The molecule has 2 aromatic carbocycles. The van der Waals surface area contributed by atoms with Crippen LogP contribution in [0.5, 0.6) is 11.6 Å². The van der Waals surface area contributed by atoms with Gasteiger partial charge >= 0.3 is 0 Å². The van der Waals surface area contributed by atoms with Gasteiger partial charge in [-0.2, -0.15) is 0 Å². The highest BCUT2D eigenvalue weighted by Gasteiger charge is 2.12. The number of aromatic amines is 1. The van der Waals surface area contributed by atoms with Gasteiger partial charge in [-0.05, 0) is 36.0 Å². The molecule has 0 aliphatic rings. The number of fused-ring (bicyclic) bond motifs is 1. The van der Waals surface area contributed by atoms with Crippen LogP contribution in [0.25, 0.3) is 11.0 Å². The minimum Gasteiger partial charge on any atom is -0.435 e. The van der Waals surface area contributed by atoms with Crippen LogP contribution in [0, 0.1) is 5.82 Å². The second-order valence-corrected chi connectivity index (χ2v) is 6.74. The van der Waals surface area contributed by atoms with Crippen molar-refractivity contribution >= 4 is 40.0 Å². The van der Waals surface area contributed by atoms with Crippen molar-refractivity contribution in [2.24, 2.45) is 0 Å². The molecule has 10 heteroatoms. The van der Waals surface area contributed by atoms with E-state index in [0.29, 0.717) is 11.0 Å². The Labute approximate surface area is 181 Å². The number of thiocarbonyl (C=S) groups is 1. The molecular weight excluding hydrogens is 421 g/mol. The fraction of sp³-hybridized carbons (Fsp3) is 0.0476. The lowest BCUT2D eigenvalue weighted by Gasteiger charge is -2.11. The number of aromatic nitrogens is 3. The van der Waals surface area contributed by atoms with Crippen LogP contribution in [0.1, 0.15) is 5.56 Å². The molecule has 0 spiro atoms. The zero-order valence-electron chi connectivity index (χ0n) is 16.0. The van der Waals surface area contributed by atoms with Gasteiger partial charge in [0, 0.05) is 12.3 Å². The molecule has 1 amide bonds. The van der Waals surface area contributed by atoms with Crippen LogP contribution in [0.15, 0.2) is 67.1 Å². The number of carbonyl (C=O) groups excluding carboxylic acids is 1. The Morgan fingerprint density at radius 2 is 1.97 bits per heavy atom. The van der Waals surface area contributed by atoms with Crippen LogP contribution in [0.3, 0.4) is 0 Å². The summed E-state index contributed by atoms with van der Waals surface area (Å²) in [6, 6.07) is 15.1. The first-order chi connectivity index (χ1) is 15.1. The van der Waals surface area contributed by atoms with E-state index in [9.17, 15) is 9.18 Å². The van der Waals surface area contributed by atoms with Crippen molar-refractivity contribution < 1.29 is 18.8 Å². The number of benzene rings is 2. The average molecular weight is 437 g/mol. The monoisotopic (exact) mass is 437 g/mol. The SMILES string of the molecule is O=C(Cc1ccccc1)NC(=S)ONc1ccc(Oc2ncnc3[nH]ccc23)c(F)c1. The molecule has 4 aromatic rings. The summed E-state index contributed by atoms with van der Waals surface area (Å²) >= 11 is 4.98. The highest BCUT2D eigenvalue weighted by atomic mass is 32.1. The van der Waals surface area contributed by atoms with Gasteiger partial charge in [-0.15, -0.1) is 0 Å². The van der Waals surface area contributed by atoms with E-state index in [-0.39, 0.29) is 34.8 Å². The Kier molecular flexibility index (Phi) is 5.99. The number of amides is 1. The van der Waals surface area contributed by atoms with Crippen LogP contribution in [-0.2, 0) is 16.1 Å². The van der Waals surface area contributed by atoms with E-state index in [1.807, 2.05) is 30.3 Å². The number of carbonyl (C=O) groups is 1. The lowest BCUT2D eigenvalue weighted by atomic mass is 10.1. The van der Waals surface area contributed by atoms with Crippen molar-refractivity contribution in [3.8, 4) is 11.6 Å². The molecule has 0 bridgehead atoms. The van der Waals surface area contributed by atoms with Crippen LogP contribution in [0.2, 0.25) is 0 Å². The third-order valence-electron chi connectivity index (χ3n) is 4.17. The molecule has 0 radical (unpaired) electrons. The number of hydrogen-bond donors (Lipinski definition) is 3. The molecule has 0 saturated carbocycles. The number of nitrogens with one attached hydrogen (secondary N) is 3. The molecule has 8 nitrogen and oxygen atoms in total. The van der Waals surface area contributed by atoms with E-state index < -0.39 is 5.82 Å². The topological polar surface area (TPSA) is 101 Å². The molecular formula is C21H16FN5O3S. The standard InChI is InChI=1S/C21H16FN5O3S/c22-16-11-14(27-30-21(31)26-18(28)10-13-4-2-1-3-5-13)6-7-17(16)29-20-15-8-9-23-19(15)24-12-25-20/h1-9,11-12,27H,10H2,(H,23,24,25)(H,26,28,31). The predicted molar refractivity (Wildman–Crippen MR) is 116 cm³/mol. The van der Waals surface area contributed by atoms with Crippen LogP contribution < -0.4 is 15.5 Å². The minimum absolute atomic E-state index is 0.0227. The van der Waals surface area contributed by atoms with Crippen molar-refractivity contribution in [2.75, 3.05) is 5.48 Å². The lowest BCUT2D eigenvalue weighted by molar-refractivity contribution is -0.119. The van der Waals surface area contributed by atoms with Gasteiger partial charge < -0.3 is 14.6 Å². The highest BCUT2D eigenvalue weighted by molar-refractivity contribution is 7.80. The van der Waals surface area contributed by atoms with Crippen LogP contribution >= 0.6 is 12.2 Å². The van der Waals surface area contributed by atoms with Gasteiger partial charge in [-0.25, -0.2) is 19.8 Å². The first-order valence-corrected chi connectivity index (χ1v) is 9.55. The molecule has 0 aliphatic heterocycles. The second-order valence-electron chi connectivity index (χ2n) is 6.37. The van der Waals surface area contributed by atoms with Gasteiger partial charge in [-0.3, -0.25) is 10.1 Å². The van der Waals surface area contributed by atoms with Gasteiger partial charge in [0.25, 0.3) is 5.17 Å². The maximum absolute atomic E-state index is 14.5. The normalized spacial score (nSPS) is 10.5. The summed E-state index contributed by atoms with van der Waals surface area (Å²) in [6.45, 7) is 0. The molecule has 0 fully saturated rings. The quantitative estimate of drug-likeness (QED) is 0.311. The molecule has 0 unspecified atom stereocenters. The summed E-state index contributed by atoms with van der Waals surface area (Å²) < 4.78 is 20.0. The van der Waals surface area contributed by atoms with Gasteiger partial charge in [0.1, 0.15) is 12.0 Å². The number of ether oxygens (including phenoxy) is 1. The molecule has 2 aromatic heterocycles. The summed E-state index contributed by atoms with van der Waals surface area (Å²) in [6.07, 6.45) is 3.17. The highest BCUT2D eigenvalue weighted by Crippen LogP contribution is 2.29. The molecule has 4 rings (SSSR count). The Balaban J connectivity index is 1.32. The van der Waals surface area contributed by atoms with E-state index in [4.69, 9.17) is 21.8 Å². The fourth-order valence-corrected chi connectivity index (χ4v) is 2.91. The van der Waals surface area contributed by atoms with E-state index in [2.05, 4.69) is 25.7 Å². The molecule has 0 aliphatic carbocycles. The number of anilines is 1. The Bertz CT molecular complexity index is 1230. The van der Waals surface area contributed by atoms with Gasteiger partial charge in [0.2, 0.25) is 11.8 Å². The predicted octanol–water partition coefficient (Wildman–Crippen LogP) is 3.88. The van der Waals surface area contributed by atoms with Crippen molar-refractivity contribution in [3.05, 3.63) is 78.5 Å². The Hall–Kier alpha value is -4.05. The summed E-state index contributed by atoms with van der Waals surface area (Å²) in [5.41, 5.74) is 4.19. The number of nitrogens with zero attached hydrogens (tertiary/aromatic N) is 2. The summed E-state index contributed by atoms with van der Waals surface area (Å²) in [4.78, 5) is 28.1. The van der Waals surface area contributed by atoms with Gasteiger partial charge in [0.05, 0.1) is 17.5 Å². The first-order valence-electron chi connectivity index (χ1n) is 9.14. The van der Waals surface area contributed by atoms with Gasteiger partial charge in [-0.1, -0.05) is 30.3 Å². The average Bonchev–Trinajstić information content (AvgIpc) is 3.24. The number of hydrogen-bond acceptors (Lipinski definition) is 7. The van der Waals surface area contributed by atoms with Crippen molar-refractivity contribution in [2.45, 2.75) is 6.42 Å². The second kappa shape index (κ2) is 9.18. The van der Waals surface area contributed by atoms with E-state index in [1.165, 1.54) is 24.5 Å². The number of halogens is 1. The van der Waals surface area contributed by atoms with Crippen molar-refractivity contribution in [3.63, 3.8) is 0 Å². The largest absolute Gasteiger partial charge is 0.435 e. The van der Waals surface area contributed by atoms with E-state index in [1.54, 1.807) is 12.3 Å². The first kappa shape index (κ1) is 20.2.